The molecule has 2 aliphatic rings. The van der Waals surface area contributed by atoms with Gasteiger partial charge in [-0.1, -0.05) is 29.8 Å². The van der Waals surface area contributed by atoms with Crippen LogP contribution < -0.4 is 0 Å². The van der Waals surface area contributed by atoms with Gasteiger partial charge in [-0.05, 0) is 45.8 Å². The third kappa shape index (κ3) is 3.95. The fraction of sp³-hybridized carbons (Fsp3) is 0.522. The van der Waals surface area contributed by atoms with E-state index in [1.807, 2.05) is 18.0 Å². The summed E-state index contributed by atoms with van der Waals surface area (Å²) in [6, 6.07) is 8.27. The first-order valence-corrected chi connectivity index (χ1v) is 10.4. The van der Waals surface area contributed by atoms with Crippen molar-refractivity contribution in [3.63, 3.8) is 0 Å². The van der Waals surface area contributed by atoms with Crippen molar-refractivity contribution in [2.75, 3.05) is 26.7 Å². The lowest BCUT2D eigenvalue weighted by Gasteiger charge is -2.32. The lowest BCUT2D eigenvalue weighted by atomic mass is 9.96. The maximum Gasteiger partial charge on any atom is 0.230 e. The Morgan fingerprint density at radius 1 is 1.21 bits per heavy atom. The van der Waals surface area contributed by atoms with E-state index < -0.39 is 0 Å². The van der Waals surface area contributed by atoms with Gasteiger partial charge in [0.2, 0.25) is 5.91 Å². The summed E-state index contributed by atoms with van der Waals surface area (Å²) >= 11 is 0. The molecule has 4 rings (SSSR count). The average Bonchev–Trinajstić information content (AvgIpc) is 2.72. The highest BCUT2D eigenvalue weighted by atomic mass is 16.2. The predicted molar refractivity (Wildman–Crippen MR) is 110 cm³/mol. The van der Waals surface area contributed by atoms with Gasteiger partial charge in [0, 0.05) is 43.7 Å². The van der Waals surface area contributed by atoms with Gasteiger partial charge in [-0.2, -0.15) is 0 Å². The number of nitrogens with zero attached hydrogens (tertiary/aromatic N) is 4. The number of hydrogen-bond donors (Lipinski definition) is 0. The fourth-order valence-corrected chi connectivity index (χ4v) is 4.37. The van der Waals surface area contributed by atoms with Crippen LogP contribution >= 0.6 is 0 Å². The van der Waals surface area contributed by atoms with Gasteiger partial charge < -0.3 is 9.80 Å². The molecule has 3 heterocycles. The molecule has 0 radical (unpaired) electrons. The number of carbonyl (C=O) groups is 1. The van der Waals surface area contributed by atoms with Crippen LogP contribution in [0.4, 0.5) is 0 Å². The molecule has 28 heavy (non-hydrogen) atoms. The number of likely N-dealkylation sites (N-methyl/N-ethyl adjacent to an activating group) is 1. The first-order valence-electron chi connectivity index (χ1n) is 10.4. The Labute approximate surface area is 167 Å². The van der Waals surface area contributed by atoms with Crippen molar-refractivity contribution in [1.29, 1.82) is 0 Å². The molecule has 0 spiro atoms. The minimum Gasteiger partial charge on any atom is -0.337 e. The number of rotatable bonds is 3. The fourth-order valence-electron chi connectivity index (χ4n) is 4.37. The Balaban J connectivity index is 1.46. The Morgan fingerprint density at radius 2 is 2.00 bits per heavy atom. The summed E-state index contributed by atoms with van der Waals surface area (Å²) < 4.78 is 0. The molecule has 2 aromatic rings. The topological polar surface area (TPSA) is 49.3 Å². The molecule has 5 nitrogen and oxygen atoms in total. The molecule has 0 unspecified atom stereocenters. The molecule has 2 aliphatic heterocycles. The van der Waals surface area contributed by atoms with Crippen LogP contribution in [0.5, 0.6) is 0 Å². The van der Waals surface area contributed by atoms with Crippen molar-refractivity contribution < 1.29 is 4.79 Å². The molecule has 0 N–H and O–H groups in total. The van der Waals surface area contributed by atoms with E-state index in [-0.39, 0.29) is 11.8 Å². The van der Waals surface area contributed by atoms with E-state index in [0.717, 1.165) is 48.7 Å². The number of benzene rings is 1. The van der Waals surface area contributed by atoms with Crippen LogP contribution in [0.15, 0.2) is 30.5 Å². The van der Waals surface area contributed by atoms with E-state index in [4.69, 9.17) is 4.98 Å². The van der Waals surface area contributed by atoms with Crippen LogP contribution in [0, 0.1) is 6.92 Å². The minimum absolute atomic E-state index is 0.125. The van der Waals surface area contributed by atoms with Crippen molar-refractivity contribution in [3.8, 4) is 0 Å². The monoisotopic (exact) mass is 378 g/mol. The summed E-state index contributed by atoms with van der Waals surface area (Å²) in [7, 11) is 2.17. The number of fused-ring (bicyclic) bond motifs is 1. The number of hydrogen-bond acceptors (Lipinski definition) is 4. The third-order valence-corrected chi connectivity index (χ3v) is 6.20. The molecule has 0 saturated carbocycles. The van der Waals surface area contributed by atoms with Gasteiger partial charge in [-0.3, -0.25) is 4.79 Å². The normalized spacial score (nSPS) is 21.2. The molecule has 1 aromatic carbocycles. The summed E-state index contributed by atoms with van der Waals surface area (Å²) in [6.07, 6.45) is 5.16. The van der Waals surface area contributed by atoms with Crippen LogP contribution in [0.2, 0.25) is 0 Å². The molecule has 1 aromatic heterocycles. The SMILES string of the molecule is Cc1ccc([C@@H](C)C(=O)N2CCc3nc([C@H]4CCCN(C)C4)ncc3C2)cc1. The standard InChI is InChI=1S/C23H30N4O/c1-16-6-8-18(9-7-16)17(2)23(28)27-12-10-21-20(15-27)13-24-22(25-21)19-5-4-11-26(3)14-19/h6-9,13,17,19H,4-5,10-12,14-15H2,1-3H3/t17-,19+/m1/s1. The lowest BCUT2D eigenvalue weighted by molar-refractivity contribution is -0.133. The van der Waals surface area contributed by atoms with Crippen molar-refractivity contribution in [1.82, 2.24) is 19.8 Å². The Kier molecular flexibility index (Phi) is 5.44. The highest BCUT2D eigenvalue weighted by Crippen LogP contribution is 2.27. The van der Waals surface area contributed by atoms with Crippen LogP contribution in [0.3, 0.4) is 0 Å². The quantitative estimate of drug-likeness (QED) is 0.822. The summed E-state index contributed by atoms with van der Waals surface area (Å²) in [5.74, 6) is 1.48. The maximum absolute atomic E-state index is 13.0. The summed E-state index contributed by atoms with van der Waals surface area (Å²) in [5.41, 5.74) is 4.52. The molecule has 1 fully saturated rings. The number of aryl methyl sites for hydroxylation is 1. The number of piperidine rings is 1. The summed E-state index contributed by atoms with van der Waals surface area (Å²) in [4.78, 5) is 26.9. The van der Waals surface area contributed by atoms with Crippen molar-refractivity contribution >= 4 is 5.91 Å². The van der Waals surface area contributed by atoms with E-state index in [1.54, 1.807) is 0 Å². The van der Waals surface area contributed by atoms with Crippen molar-refractivity contribution in [2.45, 2.75) is 51.5 Å². The third-order valence-electron chi connectivity index (χ3n) is 6.20. The van der Waals surface area contributed by atoms with Crippen LogP contribution in [0.1, 0.15) is 59.8 Å². The first-order chi connectivity index (χ1) is 13.5. The Bertz CT molecular complexity index is 848. The predicted octanol–water partition coefficient (Wildman–Crippen LogP) is 3.28. The van der Waals surface area contributed by atoms with Gasteiger partial charge in [-0.15, -0.1) is 0 Å². The number of likely N-dealkylation sites (tertiary alicyclic amines) is 1. The second-order valence-electron chi connectivity index (χ2n) is 8.44. The highest BCUT2D eigenvalue weighted by Gasteiger charge is 2.28. The van der Waals surface area contributed by atoms with Gasteiger partial charge in [0.05, 0.1) is 11.6 Å². The van der Waals surface area contributed by atoms with E-state index in [9.17, 15) is 4.79 Å². The second kappa shape index (κ2) is 8.00. The van der Waals surface area contributed by atoms with Crippen LogP contribution in [0.25, 0.3) is 0 Å². The van der Waals surface area contributed by atoms with E-state index >= 15 is 0 Å². The van der Waals surface area contributed by atoms with Gasteiger partial charge >= 0.3 is 0 Å². The van der Waals surface area contributed by atoms with Gasteiger partial charge in [0.1, 0.15) is 5.82 Å². The summed E-state index contributed by atoms with van der Waals surface area (Å²) in [6.45, 7) is 7.63. The van der Waals surface area contributed by atoms with Gasteiger partial charge in [-0.25, -0.2) is 9.97 Å². The molecular weight excluding hydrogens is 348 g/mol. The number of aromatic nitrogens is 2. The molecule has 1 amide bonds. The highest BCUT2D eigenvalue weighted by molar-refractivity contribution is 5.83. The van der Waals surface area contributed by atoms with Crippen LogP contribution in [-0.2, 0) is 17.8 Å². The first kappa shape index (κ1) is 19.1. The Hall–Kier alpha value is -2.27. The minimum atomic E-state index is -0.125. The zero-order valence-electron chi connectivity index (χ0n) is 17.2. The second-order valence-corrected chi connectivity index (χ2v) is 8.44. The molecule has 148 valence electrons. The van der Waals surface area contributed by atoms with E-state index in [0.29, 0.717) is 12.5 Å². The molecule has 0 bridgehead atoms. The molecule has 5 heteroatoms. The number of amides is 1. The van der Waals surface area contributed by atoms with E-state index in [1.165, 1.54) is 18.4 Å². The van der Waals surface area contributed by atoms with Gasteiger partial charge in [0.25, 0.3) is 0 Å². The number of carbonyl (C=O) groups excluding carboxylic acids is 1. The van der Waals surface area contributed by atoms with Crippen molar-refractivity contribution in [2.24, 2.45) is 0 Å². The zero-order chi connectivity index (χ0) is 19.7. The smallest absolute Gasteiger partial charge is 0.230 e. The van der Waals surface area contributed by atoms with Gasteiger partial charge in [0.15, 0.2) is 0 Å². The van der Waals surface area contributed by atoms with Crippen LogP contribution in [-0.4, -0.2) is 52.4 Å². The Morgan fingerprint density at radius 3 is 2.75 bits per heavy atom. The zero-order valence-corrected chi connectivity index (χ0v) is 17.2. The largest absolute Gasteiger partial charge is 0.337 e. The molecule has 0 aliphatic carbocycles. The summed E-state index contributed by atoms with van der Waals surface area (Å²) in [5, 5.41) is 0. The molecule has 1 saturated heterocycles. The maximum atomic E-state index is 13.0. The van der Waals surface area contributed by atoms with Crippen molar-refractivity contribution in [3.05, 3.63) is 58.7 Å². The van der Waals surface area contributed by atoms with E-state index in [2.05, 4.69) is 48.1 Å². The average molecular weight is 379 g/mol. The molecular formula is C23H30N4O. The molecule has 2 atom stereocenters. The lowest BCUT2D eigenvalue weighted by Crippen LogP contribution is -2.39.